The SMILES string of the molecule is CCCCCCCCCCCC(=O)N(CCC)C(CCO)C(=O)O.N. The molecule has 0 heterocycles. The summed E-state index contributed by atoms with van der Waals surface area (Å²) in [5.74, 6) is -1.13. The Bertz CT molecular complexity index is 337. The second kappa shape index (κ2) is 17.7. The average Bonchev–Trinajstić information content (AvgIpc) is 2.56. The highest BCUT2D eigenvalue weighted by atomic mass is 16.4. The summed E-state index contributed by atoms with van der Waals surface area (Å²) in [6.07, 6.45) is 11.9. The molecular weight excluding hydrogens is 320 g/mol. The van der Waals surface area contributed by atoms with Gasteiger partial charge in [0, 0.05) is 26.0 Å². The third-order valence-electron chi connectivity index (χ3n) is 4.34. The molecule has 0 saturated heterocycles. The molecule has 0 bridgehead atoms. The van der Waals surface area contributed by atoms with Gasteiger partial charge in [0.15, 0.2) is 0 Å². The van der Waals surface area contributed by atoms with E-state index in [1.54, 1.807) is 0 Å². The predicted molar refractivity (Wildman–Crippen MR) is 102 cm³/mol. The van der Waals surface area contributed by atoms with Crippen LogP contribution in [0.2, 0.25) is 0 Å². The Labute approximate surface area is 153 Å². The molecule has 25 heavy (non-hydrogen) atoms. The maximum absolute atomic E-state index is 12.3. The number of aliphatic hydroxyl groups is 1. The summed E-state index contributed by atoms with van der Waals surface area (Å²) in [6.45, 7) is 4.36. The van der Waals surface area contributed by atoms with Gasteiger partial charge in [0.05, 0.1) is 0 Å². The van der Waals surface area contributed by atoms with E-state index in [0.29, 0.717) is 13.0 Å². The molecule has 0 aliphatic rings. The van der Waals surface area contributed by atoms with E-state index in [0.717, 1.165) is 25.7 Å². The van der Waals surface area contributed by atoms with Crippen LogP contribution in [0.5, 0.6) is 0 Å². The van der Waals surface area contributed by atoms with Crippen LogP contribution in [0.25, 0.3) is 0 Å². The Morgan fingerprint density at radius 2 is 1.40 bits per heavy atom. The van der Waals surface area contributed by atoms with Gasteiger partial charge < -0.3 is 21.3 Å². The topological polar surface area (TPSA) is 113 Å². The third-order valence-corrected chi connectivity index (χ3v) is 4.34. The van der Waals surface area contributed by atoms with Crippen molar-refractivity contribution in [3.8, 4) is 0 Å². The molecule has 0 saturated carbocycles. The summed E-state index contributed by atoms with van der Waals surface area (Å²) in [6, 6.07) is -0.902. The third kappa shape index (κ3) is 12.8. The van der Waals surface area contributed by atoms with E-state index in [9.17, 15) is 14.7 Å². The molecule has 0 spiro atoms. The van der Waals surface area contributed by atoms with Crippen molar-refractivity contribution < 1.29 is 19.8 Å². The molecule has 1 atom stereocenters. The van der Waals surface area contributed by atoms with Crippen molar-refractivity contribution in [2.24, 2.45) is 0 Å². The van der Waals surface area contributed by atoms with Gasteiger partial charge in [0.25, 0.3) is 0 Å². The fourth-order valence-corrected chi connectivity index (χ4v) is 2.96. The van der Waals surface area contributed by atoms with Crippen molar-refractivity contribution in [1.82, 2.24) is 11.1 Å². The smallest absolute Gasteiger partial charge is 0.326 e. The van der Waals surface area contributed by atoms with Gasteiger partial charge in [-0.3, -0.25) is 4.79 Å². The fourth-order valence-electron chi connectivity index (χ4n) is 2.96. The number of aliphatic hydroxyl groups excluding tert-OH is 1. The molecule has 0 radical (unpaired) electrons. The maximum atomic E-state index is 12.3. The summed E-state index contributed by atoms with van der Waals surface area (Å²) in [7, 11) is 0. The molecule has 6 heteroatoms. The number of carboxylic acids is 1. The molecule has 0 aromatic heterocycles. The summed E-state index contributed by atoms with van der Waals surface area (Å²) in [5.41, 5.74) is 0. The van der Waals surface area contributed by atoms with Gasteiger partial charge in [-0.1, -0.05) is 65.2 Å². The Morgan fingerprint density at radius 3 is 1.84 bits per heavy atom. The Kier molecular flexibility index (Phi) is 18.4. The molecule has 1 amide bonds. The van der Waals surface area contributed by atoms with E-state index in [2.05, 4.69) is 6.92 Å². The van der Waals surface area contributed by atoms with Gasteiger partial charge in [0.2, 0.25) is 5.91 Å². The van der Waals surface area contributed by atoms with E-state index >= 15 is 0 Å². The van der Waals surface area contributed by atoms with Crippen molar-refractivity contribution in [2.45, 2.75) is 96.9 Å². The van der Waals surface area contributed by atoms with Crippen molar-refractivity contribution in [1.29, 1.82) is 0 Å². The molecule has 0 aromatic carbocycles. The Balaban J connectivity index is 0. The lowest BCUT2D eigenvalue weighted by Crippen LogP contribution is -2.46. The van der Waals surface area contributed by atoms with Crippen LogP contribution in [0.15, 0.2) is 0 Å². The minimum atomic E-state index is -1.03. The number of carbonyl (C=O) groups is 2. The van der Waals surface area contributed by atoms with Crippen molar-refractivity contribution in [3.63, 3.8) is 0 Å². The first kappa shape index (κ1) is 26.1. The van der Waals surface area contributed by atoms with E-state index in [1.807, 2.05) is 6.92 Å². The van der Waals surface area contributed by atoms with Crippen LogP contribution in [0.3, 0.4) is 0 Å². The highest BCUT2D eigenvalue weighted by Gasteiger charge is 2.27. The summed E-state index contributed by atoms with van der Waals surface area (Å²) in [5, 5.41) is 18.3. The zero-order valence-electron chi connectivity index (χ0n) is 16.3. The normalized spacial score (nSPS) is 11.6. The van der Waals surface area contributed by atoms with E-state index in [-0.39, 0.29) is 25.1 Å². The first-order chi connectivity index (χ1) is 11.6. The summed E-state index contributed by atoms with van der Waals surface area (Å²) in [4.78, 5) is 25.1. The predicted octanol–water partition coefficient (Wildman–Crippen LogP) is 4.14. The Morgan fingerprint density at radius 1 is 0.880 bits per heavy atom. The largest absolute Gasteiger partial charge is 0.480 e. The molecule has 0 rings (SSSR count). The highest BCUT2D eigenvalue weighted by molar-refractivity contribution is 5.83. The van der Waals surface area contributed by atoms with E-state index < -0.39 is 12.0 Å². The van der Waals surface area contributed by atoms with Crippen LogP contribution in [-0.2, 0) is 9.59 Å². The van der Waals surface area contributed by atoms with Gasteiger partial charge >= 0.3 is 5.97 Å². The number of nitrogens with zero attached hydrogens (tertiary/aromatic N) is 1. The number of carboxylic acid groups (broad SMARTS) is 1. The first-order valence-corrected chi connectivity index (χ1v) is 9.71. The lowest BCUT2D eigenvalue weighted by atomic mass is 10.1. The van der Waals surface area contributed by atoms with Gasteiger partial charge in [-0.05, 0) is 12.8 Å². The lowest BCUT2D eigenvalue weighted by molar-refractivity contribution is -0.151. The second-order valence-electron chi connectivity index (χ2n) is 6.53. The summed E-state index contributed by atoms with van der Waals surface area (Å²) >= 11 is 0. The minimum absolute atomic E-state index is 0. The fraction of sp³-hybridized carbons (Fsp3) is 0.895. The molecule has 1 unspecified atom stereocenters. The number of carbonyl (C=O) groups excluding carboxylic acids is 1. The Hall–Kier alpha value is -1.14. The summed E-state index contributed by atoms with van der Waals surface area (Å²) < 4.78 is 0. The second-order valence-corrected chi connectivity index (χ2v) is 6.53. The molecule has 5 N–H and O–H groups in total. The first-order valence-electron chi connectivity index (χ1n) is 9.71. The van der Waals surface area contributed by atoms with Crippen molar-refractivity contribution in [3.05, 3.63) is 0 Å². The minimum Gasteiger partial charge on any atom is -0.480 e. The van der Waals surface area contributed by atoms with E-state index in [4.69, 9.17) is 5.11 Å². The number of hydrogen-bond donors (Lipinski definition) is 3. The zero-order chi connectivity index (χ0) is 18.2. The number of amides is 1. The molecular formula is C19H40N2O4. The molecule has 0 aliphatic heterocycles. The van der Waals surface area contributed by atoms with Crippen molar-refractivity contribution in [2.75, 3.05) is 13.2 Å². The van der Waals surface area contributed by atoms with Gasteiger partial charge in [-0.25, -0.2) is 4.79 Å². The van der Waals surface area contributed by atoms with Crippen LogP contribution in [0.4, 0.5) is 0 Å². The quantitative estimate of drug-likeness (QED) is 0.358. The standard InChI is InChI=1S/C19H37NO4.H3N/c1-3-5-6-7-8-9-10-11-12-13-18(22)20(15-4-2)17(14-16-21)19(23)24;/h17,21H,3-16H2,1-2H3,(H,23,24);1H3. The molecule has 6 nitrogen and oxygen atoms in total. The average molecular weight is 361 g/mol. The van der Waals surface area contributed by atoms with Gasteiger partial charge in [0.1, 0.15) is 6.04 Å². The molecule has 150 valence electrons. The van der Waals surface area contributed by atoms with Crippen molar-refractivity contribution >= 4 is 11.9 Å². The number of rotatable bonds is 16. The maximum Gasteiger partial charge on any atom is 0.326 e. The lowest BCUT2D eigenvalue weighted by Gasteiger charge is -2.28. The number of unbranched alkanes of at least 4 members (excludes halogenated alkanes) is 8. The van der Waals surface area contributed by atoms with E-state index in [1.165, 1.54) is 43.4 Å². The number of aliphatic carboxylic acids is 1. The number of hydrogen-bond acceptors (Lipinski definition) is 4. The van der Waals surface area contributed by atoms with Crippen LogP contribution in [-0.4, -0.2) is 46.2 Å². The van der Waals surface area contributed by atoms with Gasteiger partial charge in [-0.15, -0.1) is 0 Å². The zero-order valence-corrected chi connectivity index (χ0v) is 16.3. The van der Waals surface area contributed by atoms with Crippen LogP contribution in [0, 0.1) is 0 Å². The monoisotopic (exact) mass is 360 g/mol. The molecule has 0 aliphatic carbocycles. The highest BCUT2D eigenvalue weighted by Crippen LogP contribution is 2.13. The molecule has 0 fully saturated rings. The van der Waals surface area contributed by atoms with Crippen LogP contribution < -0.4 is 6.15 Å². The van der Waals surface area contributed by atoms with Crippen LogP contribution in [0.1, 0.15) is 90.9 Å². The molecule has 0 aromatic rings. The van der Waals surface area contributed by atoms with Crippen LogP contribution >= 0.6 is 0 Å². The van der Waals surface area contributed by atoms with Gasteiger partial charge in [-0.2, -0.15) is 0 Å².